The summed E-state index contributed by atoms with van der Waals surface area (Å²) < 4.78 is 0. The van der Waals surface area contributed by atoms with Crippen LogP contribution in [0.2, 0.25) is 10.0 Å². The zero-order valence-corrected chi connectivity index (χ0v) is 15.3. The number of halogens is 2. The maximum Gasteiger partial charge on any atom is 0.249 e. The van der Waals surface area contributed by atoms with E-state index in [1.165, 1.54) is 11.0 Å². The number of aliphatic hydroxyl groups excluding tert-OH is 1. The van der Waals surface area contributed by atoms with Crippen LogP contribution in [0.1, 0.15) is 31.2 Å². The Labute approximate surface area is 155 Å². The summed E-state index contributed by atoms with van der Waals surface area (Å²) in [6.45, 7) is 1.95. The molecule has 0 radical (unpaired) electrons. The Morgan fingerprint density at radius 2 is 2.08 bits per heavy atom. The first-order valence-electron chi connectivity index (χ1n) is 8.22. The van der Waals surface area contributed by atoms with Gasteiger partial charge in [-0.1, -0.05) is 23.2 Å². The molecule has 2 N–H and O–H groups in total. The number of piperidine rings is 1. The van der Waals surface area contributed by atoms with E-state index in [4.69, 9.17) is 28.3 Å². The molecule has 0 aromatic heterocycles. The van der Waals surface area contributed by atoms with Gasteiger partial charge in [-0.15, -0.1) is 0 Å². The highest BCUT2D eigenvalue weighted by Crippen LogP contribution is 2.43. The second-order valence-electron chi connectivity index (χ2n) is 6.58. The summed E-state index contributed by atoms with van der Waals surface area (Å²) >= 11 is 12.4. The molecular formula is C17H20Cl2N2O4. The number of phenols is 1. The van der Waals surface area contributed by atoms with E-state index in [0.29, 0.717) is 41.5 Å². The van der Waals surface area contributed by atoms with Crippen LogP contribution in [0.4, 0.5) is 0 Å². The number of amides is 2. The molecule has 8 heteroatoms. The number of benzene rings is 1. The molecule has 136 valence electrons. The van der Waals surface area contributed by atoms with Crippen LogP contribution in [0, 0.1) is 0 Å². The van der Waals surface area contributed by atoms with E-state index in [0.717, 1.165) is 0 Å². The molecular weight excluding hydrogens is 367 g/mol. The number of phenolic OH excluding ortho intramolecular Hbond substituents is 1. The van der Waals surface area contributed by atoms with Crippen LogP contribution in [0.3, 0.4) is 0 Å². The van der Waals surface area contributed by atoms with E-state index in [9.17, 15) is 14.7 Å². The maximum absolute atomic E-state index is 12.6. The van der Waals surface area contributed by atoms with Crippen molar-refractivity contribution in [3.8, 4) is 5.75 Å². The van der Waals surface area contributed by atoms with Gasteiger partial charge in [0, 0.05) is 24.7 Å². The van der Waals surface area contributed by atoms with Crippen LogP contribution in [-0.4, -0.2) is 63.6 Å². The third-order valence-electron chi connectivity index (χ3n) is 5.20. The van der Waals surface area contributed by atoms with Gasteiger partial charge >= 0.3 is 0 Å². The topological polar surface area (TPSA) is 81.1 Å². The largest absolute Gasteiger partial charge is 0.508 e. The van der Waals surface area contributed by atoms with Gasteiger partial charge in [-0.2, -0.15) is 0 Å². The molecule has 0 spiro atoms. The summed E-state index contributed by atoms with van der Waals surface area (Å²) in [4.78, 5) is 27.7. The van der Waals surface area contributed by atoms with Crippen molar-refractivity contribution < 1.29 is 19.8 Å². The number of aliphatic hydroxyl groups is 1. The molecule has 0 saturated carbocycles. The van der Waals surface area contributed by atoms with Crippen molar-refractivity contribution in [1.82, 2.24) is 9.80 Å². The van der Waals surface area contributed by atoms with E-state index in [-0.39, 0.29) is 23.6 Å². The Balaban J connectivity index is 1.86. The first-order chi connectivity index (χ1) is 11.8. The zero-order valence-electron chi connectivity index (χ0n) is 13.8. The fourth-order valence-corrected chi connectivity index (χ4v) is 4.37. The van der Waals surface area contributed by atoms with Gasteiger partial charge in [0.05, 0.1) is 10.0 Å². The lowest BCUT2D eigenvalue weighted by Gasteiger charge is -2.48. The van der Waals surface area contributed by atoms with Gasteiger partial charge in [0.15, 0.2) is 0 Å². The fraction of sp³-hybridized carbons (Fsp3) is 0.529. The molecule has 3 atom stereocenters. The molecule has 1 aromatic rings. The molecule has 2 heterocycles. The maximum atomic E-state index is 12.6. The summed E-state index contributed by atoms with van der Waals surface area (Å²) in [6.07, 6.45) is 1.23. The third kappa shape index (κ3) is 3.18. The van der Waals surface area contributed by atoms with Crippen LogP contribution in [0.25, 0.3) is 0 Å². The predicted molar refractivity (Wildman–Crippen MR) is 93.9 cm³/mol. The van der Waals surface area contributed by atoms with Crippen LogP contribution < -0.4 is 0 Å². The lowest BCUT2D eigenvalue weighted by molar-refractivity contribution is -0.157. The minimum Gasteiger partial charge on any atom is -0.508 e. The minimum atomic E-state index is -0.616. The summed E-state index contributed by atoms with van der Waals surface area (Å²) in [5, 5.41) is 20.1. The minimum absolute atomic E-state index is 0.0558. The third-order valence-corrected chi connectivity index (χ3v) is 6.02. The number of aromatic hydroxyl groups is 1. The van der Waals surface area contributed by atoms with Gasteiger partial charge < -0.3 is 20.0 Å². The zero-order chi connectivity index (χ0) is 18.3. The van der Waals surface area contributed by atoms with Crippen molar-refractivity contribution in [3.05, 3.63) is 27.7 Å². The van der Waals surface area contributed by atoms with Crippen LogP contribution in [-0.2, 0) is 9.59 Å². The molecule has 0 unspecified atom stereocenters. The molecule has 2 amide bonds. The van der Waals surface area contributed by atoms with E-state index >= 15 is 0 Å². The van der Waals surface area contributed by atoms with Crippen molar-refractivity contribution in [1.29, 1.82) is 0 Å². The van der Waals surface area contributed by atoms with E-state index in [1.54, 1.807) is 17.9 Å². The van der Waals surface area contributed by atoms with Gasteiger partial charge in [0.2, 0.25) is 11.8 Å². The average Bonchev–Trinajstić information content (AvgIpc) is 2.61. The molecule has 2 aliphatic heterocycles. The predicted octanol–water partition coefficient (Wildman–Crippen LogP) is 2.00. The van der Waals surface area contributed by atoms with Crippen molar-refractivity contribution >= 4 is 35.0 Å². The molecule has 2 saturated heterocycles. The van der Waals surface area contributed by atoms with E-state index in [1.807, 2.05) is 0 Å². The second-order valence-corrected chi connectivity index (χ2v) is 7.37. The number of piperazine rings is 1. The number of nitrogens with zero attached hydrogens (tertiary/aromatic N) is 2. The van der Waals surface area contributed by atoms with Gasteiger partial charge in [0.1, 0.15) is 18.4 Å². The Hall–Kier alpha value is -1.50. The Morgan fingerprint density at radius 3 is 2.76 bits per heavy atom. The Morgan fingerprint density at radius 1 is 1.36 bits per heavy atom. The van der Waals surface area contributed by atoms with Crippen molar-refractivity contribution in [2.75, 3.05) is 19.7 Å². The summed E-state index contributed by atoms with van der Waals surface area (Å²) in [5.41, 5.74) is 0.597. The van der Waals surface area contributed by atoms with Crippen molar-refractivity contribution in [3.63, 3.8) is 0 Å². The molecule has 0 aliphatic carbocycles. The fourth-order valence-electron chi connectivity index (χ4n) is 3.89. The molecule has 3 rings (SSSR count). The molecule has 6 nitrogen and oxygen atoms in total. The molecule has 0 bridgehead atoms. The normalized spacial score (nSPS) is 26.6. The molecule has 2 aliphatic rings. The Bertz CT molecular complexity index is 712. The summed E-state index contributed by atoms with van der Waals surface area (Å²) in [6, 6.07) is 2.32. The van der Waals surface area contributed by atoms with Crippen molar-refractivity contribution in [2.24, 2.45) is 0 Å². The quantitative estimate of drug-likeness (QED) is 0.814. The van der Waals surface area contributed by atoms with Gasteiger partial charge in [-0.25, -0.2) is 0 Å². The number of hydrogen-bond donors (Lipinski definition) is 2. The lowest BCUT2D eigenvalue weighted by Crippen LogP contribution is -2.64. The highest BCUT2D eigenvalue weighted by molar-refractivity contribution is 6.42. The SMILES string of the molecule is C[C@@H]1C(=O)N2CC[C@@H](c3c(O)ccc(Cl)c3Cl)C[C@H]2CN1C(=O)CO. The van der Waals surface area contributed by atoms with Gasteiger partial charge in [-0.05, 0) is 37.8 Å². The monoisotopic (exact) mass is 386 g/mol. The van der Waals surface area contributed by atoms with E-state index < -0.39 is 18.6 Å². The number of carbonyl (C=O) groups excluding carboxylic acids is 2. The smallest absolute Gasteiger partial charge is 0.249 e. The first kappa shape index (κ1) is 18.3. The summed E-state index contributed by atoms with van der Waals surface area (Å²) in [5.74, 6) is -0.532. The highest BCUT2D eigenvalue weighted by Gasteiger charge is 2.43. The number of fused-ring (bicyclic) bond motifs is 1. The average molecular weight is 387 g/mol. The lowest BCUT2D eigenvalue weighted by atomic mass is 9.83. The number of rotatable bonds is 2. The Kier molecular flexibility index (Phi) is 5.14. The highest BCUT2D eigenvalue weighted by atomic mass is 35.5. The molecule has 25 heavy (non-hydrogen) atoms. The molecule has 1 aromatic carbocycles. The second kappa shape index (κ2) is 7.02. The van der Waals surface area contributed by atoms with E-state index in [2.05, 4.69) is 0 Å². The van der Waals surface area contributed by atoms with Crippen LogP contribution in [0.5, 0.6) is 5.75 Å². The molecule has 2 fully saturated rings. The van der Waals surface area contributed by atoms with Crippen LogP contribution >= 0.6 is 23.2 Å². The van der Waals surface area contributed by atoms with Gasteiger partial charge in [-0.3, -0.25) is 9.59 Å². The standard InChI is InChI=1S/C17H20Cl2N2O4/c1-9-17(25)20-5-4-10(6-11(20)7-21(9)14(24)8-22)15-13(23)3-2-12(18)16(15)19/h2-3,9-11,22-23H,4-8H2,1H3/t9-,10-,11+/m1/s1. The van der Waals surface area contributed by atoms with Gasteiger partial charge in [0.25, 0.3) is 0 Å². The summed E-state index contributed by atoms with van der Waals surface area (Å²) in [7, 11) is 0. The van der Waals surface area contributed by atoms with Crippen LogP contribution in [0.15, 0.2) is 12.1 Å². The first-order valence-corrected chi connectivity index (χ1v) is 8.98. The number of carbonyl (C=O) groups is 2. The number of hydrogen-bond acceptors (Lipinski definition) is 4. The van der Waals surface area contributed by atoms with Crippen molar-refractivity contribution in [2.45, 2.75) is 37.8 Å².